The van der Waals surface area contributed by atoms with Crippen molar-refractivity contribution in [3.8, 4) is 0 Å². The van der Waals surface area contributed by atoms with E-state index in [2.05, 4.69) is 10.2 Å². The predicted molar refractivity (Wildman–Crippen MR) is 84.0 cm³/mol. The summed E-state index contributed by atoms with van der Waals surface area (Å²) < 4.78 is 12.8. The molecule has 4 nitrogen and oxygen atoms in total. The van der Waals surface area contributed by atoms with Gasteiger partial charge < -0.3 is 10.4 Å². The first-order chi connectivity index (χ1) is 10.5. The van der Waals surface area contributed by atoms with E-state index < -0.39 is 0 Å². The molecule has 22 heavy (non-hydrogen) atoms. The number of aliphatic hydroxyl groups excluding tert-OH is 1. The smallest absolute Gasteiger partial charge is 0.234 e. The van der Waals surface area contributed by atoms with Gasteiger partial charge in [0.15, 0.2) is 0 Å². The van der Waals surface area contributed by atoms with Crippen molar-refractivity contribution in [2.45, 2.75) is 32.3 Å². The molecule has 1 fully saturated rings. The van der Waals surface area contributed by atoms with Crippen LogP contribution in [0, 0.1) is 11.7 Å². The van der Waals surface area contributed by atoms with Crippen molar-refractivity contribution in [3.63, 3.8) is 0 Å². The van der Waals surface area contributed by atoms with E-state index in [0.717, 1.165) is 31.5 Å². The number of rotatable bonds is 6. The lowest BCUT2D eigenvalue weighted by atomic mass is 9.93. The fraction of sp³-hybridized carbons (Fsp3) is 0.588. The van der Waals surface area contributed by atoms with E-state index in [4.69, 9.17) is 0 Å². The van der Waals surface area contributed by atoms with Gasteiger partial charge in [-0.25, -0.2) is 4.39 Å². The fourth-order valence-corrected chi connectivity index (χ4v) is 2.88. The lowest BCUT2D eigenvalue weighted by molar-refractivity contribution is -0.122. The molecule has 1 aliphatic heterocycles. The normalized spacial score (nSPS) is 20.6. The van der Waals surface area contributed by atoms with Crippen molar-refractivity contribution >= 4 is 5.91 Å². The average Bonchev–Trinajstić information content (AvgIpc) is 2.49. The van der Waals surface area contributed by atoms with Crippen LogP contribution in [0.4, 0.5) is 4.39 Å². The summed E-state index contributed by atoms with van der Waals surface area (Å²) in [6, 6.07) is 6.33. The number of carbonyl (C=O) groups is 1. The molecule has 1 amide bonds. The van der Waals surface area contributed by atoms with Crippen molar-refractivity contribution in [1.82, 2.24) is 10.2 Å². The van der Waals surface area contributed by atoms with Crippen molar-refractivity contribution in [1.29, 1.82) is 0 Å². The molecule has 5 heteroatoms. The highest BCUT2D eigenvalue weighted by molar-refractivity contribution is 5.78. The van der Waals surface area contributed by atoms with E-state index >= 15 is 0 Å². The molecule has 0 aliphatic carbocycles. The molecule has 2 unspecified atom stereocenters. The molecule has 2 atom stereocenters. The summed E-state index contributed by atoms with van der Waals surface area (Å²) in [6.07, 6.45) is 2.44. The second kappa shape index (κ2) is 8.25. The molecule has 122 valence electrons. The number of amides is 1. The van der Waals surface area contributed by atoms with Crippen molar-refractivity contribution < 1.29 is 14.3 Å². The van der Waals surface area contributed by atoms with Crippen LogP contribution in [-0.4, -0.2) is 48.2 Å². The van der Waals surface area contributed by atoms with Crippen LogP contribution in [0.5, 0.6) is 0 Å². The Labute approximate surface area is 131 Å². The second-order valence-electron chi connectivity index (χ2n) is 6.10. The highest BCUT2D eigenvalue weighted by Crippen LogP contribution is 2.19. The molecule has 0 radical (unpaired) electrons. The molecule has 0 bridgehead atoms. The van der Waals surface area contributed by atoms with Gasteiger partial charge in [-0.15, -0.1) is 0 Å². The predicted octanol–water partition coefficient (Wildman–Crippen LogP) is 1.58. The monoisotopic (exact) mass is 308 g/mol. The third kappa shape index (κ3) is 5.39. The number of nitrogens with one attached hydrogen (secondary N) is 1. The van der Waals surface area contributed by atoms with Crippen LogP contribution < -0.4 is 5.32 Å². The van der Waals surface area contributed by atoms with Gasteiger partial charge in [0.2, 0.25) is 5.91 Å². The number of carbonyl (C=O) groups excluding carboxylic acids is 1. The largest absolute Gasteiger partial charge is 0.393 e. The maximum Gasteiger partial charge on any atom is 0.234 e. The number of nitrogens with zero attached hydrogens (tertiary/aromatic N) is 1. The second-order valence-corrected chi connectivity index (χ2v) is 6.10. The van der Waals surface area contributed by atoms with Crippen LogP contribution in [0.1, 0.15) is 25.3 Å². The number of hydrogen-bond acceptors (Lipinski definition) is 3. The van der Waals surface area contributed by atoms with E-state index in [1.54, 1.807) is 12.1 Å². The molecule has 2 rings (SSSR count). The first-order valence-corrected chi connectivity index (χ1v) is 7.96. The van der Waals surface area contributed by atoms with Crippen molar-refractivity contribution in [3.05, 3.63) is 35.6 Å². The van der Waals surface area contributed by atoms with Gasteiger partial charge in [0.05, 0.1) is 12.6 Å². The summed E-state index contributed by atoms with van der Waals surface area (Å²) in [5, 5.41) is 12.6. The maximum atomic E-state index is 12.8. The van der Waals surface area contributed by atoms with Crippen LogP contribution in [-0.2, 0) is 11.2 Å². The van der Waals surface area contributed by atoms with E-state index in [1.807, 2.05) is 6.92 Å². The standard InChI is InChI=1S/C17H25FN2O2/c1-13(21)15-3-2-10-20(11-15)12-17(22)19-9-8-14-4-6-16(18)7-5-14/h4-7,13,15,21H,2-3,8-12H2,1H3,(H,19,22). The minimum atomic E-state index is -0.315. The van der Waals surface area contributed by atoms with Crippen LogP contribution in [0.3, 0.4) is 0 Å². The van der Waals surface area contributed by atoms with Crippen LogP contribution >= 0.6 is 0 Å². The maximum absolute atomic E-state index is 12.8. The fourth-order valence-electron chi connectivity index (χ4n) is 2.88. The van der Waals surface area contributed by atoms with Gasteiger partial charge in [0, 0.05) is 13.1 Å². The summed E-state index contributed by atoms with van der Waals surface area (Å²) in [6.45, 7) is 4.44. The lowest BCUT2D eigenvalue weighted by Gasteiger charge is -2.33. The third-order valence-corrected chi connectivity index (χ3v) is 4.24. The minimum Gasteiger partial charge on any atom is -0.393 e. The number of aliphatic hydroxyl groups is 1. The van der Waals surface area contributed by atoms with Gasteiger partial charge in [-0.05, 0) is 56.3 Å². The topological polar surface area (TPSA) is 52.6 Å². The van der Waals surface area contributed by atoms with Gasteiger partial charge in [0.25, 0.3) is 0 Å². The number of piperidine rings is 1. The average molecular weight is 308 g/mol. The summed E-state index contributed by atoms with van der Waals surface area (Å²) in [7, 11) is 0. The van der Waals surface area contributed by atoms with E-state index in [9.17, 15) is 14.3 Å². The van der Waals surface area contributed by atoms with E-state index in [-0.39, 0.29) is 23.7 Å². The first kappa shape index (κ1) is 16.9. The molecular weight excluding hydrogens is 283 g/mol. The quantitative estimate of drug-likeness (QED) is 0.839. The number of halogens is 1. The highest BCUT2D eigenvalue weighted by atomic mass is 19.1. The van der Waals surface area contributed by atoms with Crippen molar-refractivity contribution in [2.24, 2.45) is 5.92 Å². The molecule has 1 saturated heterocycles. The Morgan fingerprint density at radius 3 is 2.86 bits per heavy atom. The Kier molecular flexibility index (Phi) is 6.34. The summed E-state index contributed by atoms with van der Waals surface area (Å²) in [5.74, 6) is 0.0275. The minimum absolute atomic E-state index is 0.00774. The first-order valence-electron chi connectivity index (χ1n) is 7.96. The van der Waals surface area contributed by atoms with Gasteiger partial charge in [-0.2, -0.15) is 0 Å². The zero-order valence-corrected chi connectivity index (χ0v) is 13.1. The molecular formula is C17H25FN2O2. The number of hydrogen-bond donors (Lipinski definition) is 2. The Morgan fingerprint density at radius 1 is 1.45 bits per heavy atom. The molecule has 0 saturated carbocycles. The van der Waals surface area contributed by atoms with E-state index in [1.165, 1.54) is 12.1 Å². The molecule has 1 aromatic carbocycles. The number of benzene rings is 1. The Morgan fingerprint density at radius 2 is 2.18 bits per heavy atom. The van der Waals surface area contributed by atoms with Crippen LogP contribution in [0.25, 0.3) is 0 Å². The molecule has 0 aromatic heterocycles. The van der Waals surface area contributed by atoms with Gasteiger partial charge in [-0.1, -0.05) is 12.1 Å². The van der Waals surface area contributed by atoms with Gasteiger partial charge in [0.1, 0.15) is 5.82 Å². The number of likely N-dealkylation sites (tertiary alicyclic amines) is 1. The third-order valence-electron chi connectivity index (χ3n) is 4.24. The lowest BCUT2D eigenvalue weighted by Crippen LogP contribution is -2.44. The van der Waals surface area contributed by atoms with Crippen LogP contribution in [0.2, 0.25) is 0 Å². The zero-order valence-electron chi connectivity index (χ0n) is 13.1. The highest BCUT2D eigenvalue weighted by Gasteiger charge is 2.24. The molecule has 2 N–H and O–H groups in total. The SMILES string of the molecule is CC(O)C1CCCN(CC(=O)NCCc2ccc(F)cc2)C1. The molecule has 1 aromatic rings. The zero-order chi connectivity index (χ0) is 15.9. The van der Waals surface area contributed by atoms with E-state index in [0.29, 0.717) is 19.5 Å². The van der Waals surface area contributed by atoms with Crippen LogP contribution in [0.15, 0.2) is 24.3 Å². The summed E-state index contributed by atoms with van der Waals surface area (Å²) in [5.41, 5.74) is 1.01. The van der Waals surface area contributed by atoms with Gasteiger partial charge in [-0.3, -0.25) is 9.69 Å². The Hall–Kier alpha value is -1.46. The molecule has 0 spiro atoms. The summed E-state index contributed by atoms with van der Waals surface area (Å²) in [4.78, 5) is 14.1. The molecule has 1 aliphatic rings. The van der Waals surface area contributed by atoms with Gasteiger partial charge >= 0.3 is 0 Å². The Bertz CT molecular complexity index is 476. The molecule has 1 heterocycles. The van der Waals surface area contributed by atoms with Crippen molar-refractivity contribution in [2.75, 3.05) is 26.2 Å². The Balaban J connectivity index is 1.68. The summed E-state index contributed by atoms with van der Waals surface area (Å²) >= 11 is 0.